The molecule has 5 rings (SSSR count). The average Bonchev–Trinajstić information content (AvgIpc) is 3.04. The van der Waals surface area contributed by atoms with Gasteiger partial charge in [0.25, 0.3) is 0 Å². The number of aryl methyl sites for hydroxylation is 1. The molecule has 0 amide bonds. The molecule has 0 heterocycles. The van der Waals surface area contributed by atoms with E-state index in [-0.39, 0.29) is 26.4 Å². The Balaban J connectivity index is 1.39. The molecule has 0 aliphatic heterocycles. The lowest BCUT2D eigenvalue weighted by molar-refractivity contribution is 0.201. The van der Waals surface area contributed by atoms with Crippen LogP contribution in [-0.2, 0) is 0 Å². The molecule has 5 heteroatoms. The van der Waals surface area contributed by atoms with Crippen molar-refractivity contribution in [3.8, 4) is 22.6 Å². The summed E-state index contributed by atoms with van der Waals surface area (Å²) in [6.45, 7) is 2.63. The topological polar surface area (TPSA) is 62.2 Å². The van der Waals surface area contributed by atoms with Crippen LogP contribution >= 0.6 is 0 Å². The molecule has 0 aliphatic carbocycles. The first-order chi connectivity index (χ1) is 20.6. The average molecular weight is 558 g/mol. The molecule has 42 heavy (non-hydrogen) atoms. The monoisotopic (exact) mass is 557 g/mol. The fourth-order valence-corrected chi connectivity index (χ4v) is 4.62. The first-order valence-corrected chi connectivity index (χ1v) is 14.1. The van der Waals surface area contributed by atoms with Crippen molar-refractivity contribution in [2.45, 2.75) is 6.92 Å². The van der Waals surface area contributed by atoms with Gasteiger partial charge < -0.3 is 24.6 Å². The molecule has 5 aromatic carbocycles. The summed E-state index contributed by atoms with van der Waals surface area (Å²) in [4.78, 5) is 2.22. The minimum Gasteiger partial charge on any atom is -0.491 e. The molecule has 0 aromatic heterocycles. The Morgan fingerprint density at radius 3 is 1.31 bits per heavy atom. The summed E-state index contributed by atoms with van der Waals surface area (Å²) < 4.78 is 11.0. The predicted octanol–water partition coefficient (Wildman–Crippen LogP) is 8.04. The van der Waals surface area contributed by atoms with Crippen LogP contribution in [0, 0.1) is 6.92 Å². The number of hydrogen-bond acceptors (Lipinski definition) is 5. The van der Waals surface area contributed by atoms with Gasteiger partial charge in [0.05, 0.1) is 13.2 Å². The van der Waals surface area contributed by atoms with Gasteiger partial charge in [-0.05, 0) is 89.8 Å². The standard InChI is InChI=1S/C37H35NO4/c1-28-2-10-31(11-3-28)32-12-16-34(17-13-32)38(35-18-22-37(23-19-35)42-27-25-40)33-14-6-29(7-15-33)4-5-30-8-20-36(21-9-30)41-26-24-39/h2-23,39-40H,24-27H2,1H3. The Bertz CT molecular complexity index is 1560. The molecular weight excluding hydrogens is 522 g/mol. The zero-order valence-electron chi connectivity index (χ0n) is 23.7. The Morgan fingerprint density at radius 2 is 0.857 bits per heavy atom. The van der Waals surface area contributed by atoms with E-state index < -0.39 is 0 Å². The van der Waals surface area contributed by atoms with Crippen LogP contribution in [0.1, 0.15) is 16.7 Å². The first-order valence-electron chi connectivity index (χ1n) is 14.1. The third kappa shape index (κ3) is 7.46. The van der Waals surface area contributed by atoms with Crippen molar-refractivity contribution in [1.82, 2.24) is 0 Å². The fraction of sp³-hybridized carbons (Fsp3) is 0.135. The summed E-state index contributed by atoms with van der Waals surface area (Å²) in [5.41, 5.74) is 8.82. The third-order valence-electron chi connectivity index (χ3n) is 6.82. The summed E-state index contributed by atoms with van der Waals surface area (Å²) in [5, 5.41) is 18.0. The summed E-state index contributed by atoms with van der Waals surface area (Å²) in [7, 11) is 0. The van der Waals surface area contributed by atoms with Crippen LogP contribution < -0.4 is 14.4 Å². The minimum atomic E-state index is -0.0215. The highest BCUT2D eigenvalue weighted by atomic mass is 16.5. The molecule has 0 unspecified atom stereocenters. The quantitative estimate of drug-likeness (QED) is 0.152. The van der Waals surface area contributed by atoms with E-state index in [1.807, 2.05) is 48.5 Å². The highest BCUT2D eigenvalue weighted by Crippen LogP contribution is 2.36. The van der Waals surface area contributed by atoms with E-state index in [1.54, 1.807) is 0 Å². The van der Waals surface area contributed by atoms with Crippen molar-refractivity contribution in [2.24, 2.45) is 0 Å². The molecule has 0 spiro atoms. The van der Waals surface area contributed by atoms with Crippen LogP contribution in [0.4, 0.5) is 17.1 Å². The van der Waals surface area contributed by atoms with Gasteiger partial charge in [0.2, 0.25) is 0 Å². The number of aliphatic hydroxyl groups excluding tert-OH is 2. The van der Waals surface area contributed by atoms with Crippen molar-refractivity contribution >= 4 is 29.2 Å². The van der Waals surface area contributed by atoms with Crippen molar-refractivity contribution in [3.05, 3.63) is 138 Å². The Kier molecular flexibility index (Phi) is 9.68. The largest absolute Gasteiger partial charge is 0.491 e. The van der Waals surface area contributed by atoms with E-state index in [0.29, 0.717) is 0 Å². The van der Waals surface area contributed by atoms with Gasteiger partial charge >= 0.3 is 0 Å². The summed E-state index contributed by atoms with van der Waals surface area (Å²) >= 11 is 0. The van der Waals surface area contributed by atoms with Gasteiger partial charge in [-0.15, -0.1) is 0 Å². The van der Waals surface area contributed by atoms with E-state index in [4.69, 9.17) is 19.7 Å². The maximum atomic E-state index is 9.10. The van der Waals surface area contributed by atoms with E-state index in [9.17, 15) is 0 Å². The maximum Gasteiger partial charge on any atom is 0.119 e. The maximum absolute atomic E-state index is 9.10. The Hall–Kier alpha value is -4.84. The van der Waals surface area contributed by atoms with Crippen LogP contribution in [0.2, 0.25) is 0 Å². The number of nitrogens with zero attached hydrogens (tertiary/aromatic N) is 1. The van der Waals surface area contributed by atoms with Gasteiger partial charge in [-0.3, -0.25) is 0 Å². The number of rotatable bonds is 12. The van der Waals surface area contributed by atoms with Crippen molar-refractivity contribution in [1.29, 1.82) is 0 Å². The van der Waals surface area contributed by atoms with E-state index in [2.05, 4.69) is 96.8 Å². The Morgan fingerprint density at radius 1 is 0.500 bits per heavy atom. The minimum absolute atomic E-state index is 0.00182. The molecule has 0 aliphatic rings. The number of hydrogen-bond donors (Lipinski definition) is 2. The summed E-state index contributed by atoms with van der Waals surface area (Å²) in [6.07, 6.45) is 4.15. The predicted molar refractivity (Wildman–Crippen MR) is 172 cm³/mol. The highest BCUT2D eigenvalue weighted by Gasteiger charge is 2.13. The van der Waals surface area contributed by atoms with Gasteiger partial charge in [-0.1, -0.05) is 78.4 Å². The lowest BCUT2D eigenvalue weighted by atomic mass is 10.0. The molecule has 5 nitrogen and oxygen atoms in total. The van der Waals surface area contributed by atoms with Crippen molar-refractivity contribution < 1.29 is 19.7 Å². The van der Waals surface area contributed by atoms with Crippen LogP contribution in [0.25, 0.3) is 23.3 Å². The van der Waals surface area contributed by atoms with Gasteiger partial charge in [0.15, 0.2) is 0 Å². The second kappa shape index (κ2) is 14.2. The van der Waals surface area contributed by atoms with E-state index in [1.165, 1.54) is 16.7 Å². The van der Waals surface area contributed by atoms with Crippen molar-refractivity contribution in [3.63, 3.8) is 0 Å². The number of ether oxygens (including phenoxy) is 2. The zero-order chi connectivity index (χ0) is 29.1. The molecule has 5 aromatic rings. The Labute approximate surface area is 247 Å². The van der Waals surface area contributed by atoms with E-state index >= 15 is 0 Å². The molecule has 2 N–H and O–H groups in total. The van der Waals surface area contributed by atoms with Crippen molar-refractivity contribution in [2.75, 3.05) is 31.3 Å². The van der Waals surface area contributed by atoms with Gasteiger partial charge in [-0.2, -0.15) is 0 Å². The molecule has 212 valence electrons. The summed E-state index contributed by atoms with van der Waals surface area (Å²) in [6, 6.07) is 41.3. The van der Waals surface area contributed by atoms with Gasteiger partial charge in [-0.25, -0.2) is 0 Å². The summed E-state index contributed by atoms with van der Waals surface area (Å²) in [5.74, 6) is 1.46. The molecule has 0 atom stereocenters. The number of anilines is 3. The normalized spacial score (nSPS) is 11.0. The molecule has 0 bridgehead atoms. The van der Waals surface area contributed by atoms with Crippen LogP contribution in [0.15, 0.2) is 121 Å². The SMILES string of the molecule is Cc1ccc(-c2ccc(N(c3ccc(C=Cc4ccc(OCCO)cc4)cc3)c3ccc(OCCO)cc3)cc2)cc1. The second-order valence-electron chi connectivity index (χ2n) is 9.88. The van der Waals surface area contributed by atoms with Crippen LogP contribution in [0.5, 0.6) is 11.5 Å². The zero-order valence-corrected chi connectivity index (χ0v) is 23.7. The third-order valence-corrected chi connectivity index (χ3v) is 6.82. The van der Waals surface area contributed by atoms with Crippen LogP contribution in [-0.4, -0.2) is 36.6 Å². The lowest BCUT2D eigenvalue weighted by Gasteiger charge is -2.26. The molecule has 0 radical (unpaired) electrons. The first kappa shape index (κ1) is 28.7. The molecule has 0 fully saturated rings. The second-order valence-corrected chi connectivity index (χ2v) is 9.88. The fourth-order valence-electron chi connectivity index (χ4n) is 4.62. The molecular formula is C37H35NO4. The lowest BCUT2D eigenvalue weighted by Crippen LogP contribution is -2.10. The molecule has 0 saturated carbocycles. The smallest absolute Gasteiger partial charge is 0.119 e. The van der Waals surface area contributed by atoms with Gasteiger partial charge in [0, 0.05) is 17.1 Å². The highest BCUT2D eigenvalue weighted by molar-refractivity contribution is 5.79. The molecule has 0 saturated heterocycles. The van der Waals surface area contributed by atoms with E-state index in [0.717, 1.165) is 39.7 Å². The number of benzene rings is 5. The van der Waals surface area contributed by atoms with Gasteiger partial charge in [0.1, 0.15) is 24.7 Å². The van der Waals surface area contributed by atoms with Crippen LogP contribution in [0.3, 0.4) is 0 Å². The number of aliphatic hydroxyl groups is 2.